The second kappa shape index (κ2) is 7.50. The van der Waals surface area contributed by atoms with Gasteiger partial charge in [0, 0.05) is 24.2 Å². The molecule has 0 spiro atoms. The van der Waals surface area contributed by atoms with Crippen LogP contribution in [-0.4, -0.2) is 40.3 Å². The number of rotatable bonds is 5. The molecule has 1 atom stereocenters. The van der Waals surface area contributed by atoms with E-state index < -0.39 is 0 Å². The fraction of sp³-hybridized carbons (Fsp3) is 0.500. The summed E-state index contributed by atoms with van der Waals surface area (Å²) < 4.78 is 5.47. The molecule has 1 saturated heterocycles. The third kappa shape index (κ3) is 3.21. The molecular formula is C20H25N3O3. The quantitative estimate of drug-likeness (QED) is 0.862. The summed E-state index contributed by atoms with van der Waals surface area (Å²) in [4.78, 5) is 14.8. The van der Waals surface area contributed by atoms with Crippen LogP contribution in [0.2, 0.25) is 0 Å². The fourth-order valence-corrected chi connectivity index (χ4v) is 4.04. The van der Waals surface area contributed by atoms with E-state index in [0.29, 0.717) is 18.7 Å². The number of hydrogen-bond donors (Lipinski definition) is 2. The molecule has 6 nitrogen and oxygen atoms in total. The van der Waals surface area contributed by atoms with Gasteiger partial charge in [-0.15, -0.1) is 0 Å². The van der Waals surface area contributed by atoms with Crippen LogP contribution in [-0.2, 0) is 19.4 Å². The van der Waals surface area contributed by atoms with Crippen molar-refractivity contribution < 1.29 is 14.4 Å². The number of nitrogens with zero attached hydrogens (tertiary/aromatic N) is 2. The number of aryl methyl sites for hydroxylation is 1. The van der Waals surface area contributed by atoms with Crippen LogP contribution in [0, 0.1) is 0 Å². The van der Waals surface area contributed by atoms with Crippen molar-refractivity contribution >= 4 is 11.6 Å². The van der Waals surface area contributed by atoms with Crippen molar-refractivity contribution in [3.8, 4) is 0 Å². The number of amides is 1. The van der Waals surface area contributed by atoms with Crippen molar-refractivity contribution in [1.29, 1.82) is 0 Å². The summed E-state index contributed by atoms with van der Waals surface area (Å²) in [5, 5.41) is 17.1. The number of carbonyl (C=O) groups is 1. The Bertz CT molecular complexity index is 786. The van der Waals surface area contributed by atoms with Gasteiger partial charge in [-0.25, -0.2) is 0 Å². The molecule has 0 radical (unpaired) electrons. The van der Waals surface area contributed by atoms with Crippen LogP contribution in [0.4, 0.5) is 5.69 Å². The molecule has 6 heteroatoms. The maximum Gasteiger partial charge on any atom is 0.256 e. The molecule has 0 unspecified atom stereocenters. The summed E-state index contributed by atoms with van der Waals surface area (Å²) in [7, 11) is 0. The Hall–Kier alpha value is -2.34. The number of para-hydroxylation sites is 1. The topological polar surface area (TPSA) is 78.6 Å². The van der Waals surface area contributed by atoms with Gasteiger partial charge in [0.2, 0.25) is 0 Å². The van der Waals surface area contributed by atoms with Gasteiger partial charge in [0.25, 0.3) is 5.91 Å². The lowest BCUT2D eigenvalue weighted by Crippen LogP contribution is -2.37. The number of hydrogen-bond acceptors (Lipinski definition) is 5. The molecule has 138 valence electrons. The van der Waals surface area contributed by atoms with Crippen LogP contribution >= 0.6 is 0 Å². The molecule has 2 heterocycles. The molecule has 1 aliphatic carbocycles. The van der Waals surface area contributed by atoms with Gasteiger partial charge in [-0.05, 0) is 44.2 Å². The molecule has 2 aromatic rings. The van der Waals surface area contributed by atoms with E-state index >= 15 is 0 Å². The van der Waals surface area contributed by atoms with Crippen molar-refractivity contribution in [3.05, 3.63) is 46.8 Å². The Morgan fingerprint density at radius 3 is 3.00 bits per heavy atom. The molecule has 1 aromatic carbocycles. The van der Waals surface area contributed by atoms with Crippen molar-refractivity contribution in [3.63, 3.8) is 0 Å². The second-order valence-corrected chi connectivity index (χ2v) is 7.11. The number of benzene rings is 1. The monoisotopic (exact) mass is 355 g/mol. The van der Waals surface area contributed by atoms with Crippen LogP contribution in [0.1, 0.15) is 53.1 Å². The van der Waals surface area contributed by atoms with Gasteiger partial charge in [0.05, 0.1) is 24.8 Å². The van der Waals surface area contributed by atoms with Crippen molar-refractivity contribution in [2.75, 3.05) is 18.5 Å². The Balaban J connectivity index is 1.51. The van der Waals surface area contributed by atoms with E-state index in [9.17, 15) is 9.90 Å². The van der Waals surface area contributed by atoms with Crippen LogP contribution in [0.5, 0.6) is 0 Å². The van der Waals surface area contributed by atoms with Crippen LogP contribution in [0.3, 0.4) is 0 Å². The average molecular weight is 355 g/mol. The Morgan fingerprint density at radius 2 is 2.12 bits per heavy atom. The first kappa shape index (κ1) is 17.1. The van der Waals surface area contributed by atoms with E-state index in [4.69, 9.17) is 4.52 Å². The number of aromatic nitrogens is 1. The van der Waals surface area contributed by atoms with Gasteiger partial charge < -0.3 is 19.8 Å². The predicted molar refractivity (Wildman–Crippen MR) is 98.1 cm³/mol. The summed E-state index contributed by atoms with van der Waals surface area (Å²) in [6.07, 6.45) is 6.12. The number of nitrogens with one attached hydrogen (secondary N) is 1. The molecule has 0 bridgehead atoms. The molecule has 1 aromatic heterocycles. The van der Waals surface area contributed by atoms with E-state index in [2.05, 4.69) is 10.5 Å². The molecule has 2 aliphatic rings. The van der Waals surface area contributed by atoms with Crippen molar-refractivity contribution in [1.82, 2.24) is 10.1 Å². The zero-order valence-electron chi connectivity index (χ0n) is 14.9. The first-order valence-corrected chi connectivity index (χ1v) is 9.49. The summed E-state index contributed by atoms with van der Waals surface area (Å²) >= 11 is 0. The van der Waals surface area contributed by atoms with E-state index in [1.54, 1.807) is 4.90 Å². The highest BCUT2D eigenvalue weighted by molar-refractivity contribution is 5.99. The number of carbonyl (C=O) groups excluding carboxylic acids is 1. The summed E-state index contributed by atoms with van der Waals surface area (Å²) in [5.74, 6) is 0.993. The van der Waals surface area contributed by atoms with Crippen LogP contribution in [0.25, 0.3) is 0 Å². The van der Waals surface area contributed by atoms with Gasteiger partial charge in [0.1, 0.15) is 11.5 Å². The lowest BCUT2D eigenvalue weighted by molar-refractivity contribution is 0.0678. The molecular weight excluding hydrogens is 330 g/mol. The number of aliphatic hydroxyl groups is 1. The number of aliphatic hydroxyl groups excluding tert-OH is 1. The van der Waals surface area contributed by atoms with Gasteiger partial charge in [-0.1, -0.05) is 17.3 Å². The van der Waals surface area contributed by atoms with Gasteiger partial charge >= 0.3 is 0 Å². The number of fused-ring (bicyclic) bond motifs is 1. The zero-order chi connectivity index (χ0) is 17.9. The van der Waals surface area contributed by atoms with E-state index in [-0.39, 0.29) is 18.6 Å². The summed E-state index contributed by atoms with van der Waals surface area (Å²) in [6.45, 7) is 1.27. The first-order chi connectivity index (χ1) is 12.8. The second-order valence-electron chi connectivity index (χ2n) is 7.11. The Labute approximate surface area is 153 Å². The molecule has 1 amide bonds. The maximum atomic E-state index is 13.0. The lowest BCUT2D eigenvalue weighted by Gasteiger charge is -2.24. The normalized spacial score (nSPS) is 19.4. The summed E-state index contributed by atoms with van der Waals surface area (Å²) in [5.41, 5.74) is 3.61. The van der Waals surface area contributed by atoms with E-state index in [1.165, 1.54) is 12.0 Å². The molecule has 2 N–H and O–H groups in total. The molecule has 1 aliphatic heterocycles. The number of likely N-dealkylation sites (tertiary alicyclic amines) is 1. The number of anilines is 1. The van der Waals surface area contributed by atoms with E-state index in [0.717, 1.165) is 49.2 Å². The third-order valence-electron chi connectivity index (χ3n) is 5.48. The predicted octanol–water partition coefficient (Wildman–Crippen LogP) is 2.76. The van der Waals surface area contributed by atoms with Gasteiger partial charge in [-0.2, -0.15) is 0 Å². The van der Waals surface area contributed by atoms with Crippen LogP contribution in [0.15, 0.2) is 28.8 Å². The Kier molecular flexibility index (Phi) is 4.93. The van der Waals surface area contributed by atoms with Crippen molar-refractivity contribution in [2.24, 2.45) is 0 Å². The zero-order valence-corrected chi connectivity index (χ0v) is 14.9. The lowest BCUT2D eigenvalue weighted by atomic mass is 9.96. The minimum absolute atomic E-state index is 0.0202. The smallest absolute Gasteiger partial charge is 0.256 e. The third-order valence-corrected chi connectivity index (χ3v) is 5.48. The summed E-state index contributed by atoms with van der Waals surface area (Å²) in [6, 6.07) is 7.49. The fourth-order valence-electron chi connectivity index (χ4n) is 4.04. The average Bonchev–Trinajstić information content (AvgIpc) is 3.33. The minimum Gasteiger partial charge on any atom is -0.394 e. The minimum atomic E-state index is -0.0712. The van der Waals surface area contributed by atoms with Crippen LogP contribution < -0.4 is 5.32 Å². The highest BCUT2D eigenvalue weighted by atomic mass is 16.5. The largest absolute Gasteiger partial charge is 0.394 e. The van der Waals surface area contributed by atoms with Gasteiger partial charge in [-0.3, -0.25) is 4.79 Å². The molecule has 26 heavy (non-hydrogen) atoms. The van der Waals surface area contributed by atoms with Crippen molar-refractivity contribution in [2.45, 2.75) is 51.1 Å². The molecule has 0 saturated carbocycles. The standard InChI is InChI=1S/C20H25N3O3/c24-13-14-6-5-11-23(14)20(25)16-8-1-3-9-17(16)21-12-18-15-7-2-4-10-19(15)26-22-18/h1,3,8-9,14,21,24H,2,4-7,10-13H2/t14-/m1/s1. The molecule has 1 fully saturated rings. The highest BCUT2D eigenvalue weighted by Crippen LogP contribution is 2.27. The maximum absolute atomic E-state index is 13.0. The van der Waals surface area contributed by atoms with Gasteiger partial charge in [0.15, 0.2) is 0 Å². The first-order valence-electron chi connectivity index (χ1n) is 9.49. The van der Waals surface area contributed by atoms with E-state index in [1.807, 2.05) is 24.3 Å². The Morgan fingerprint density at radius 1 is 1.27 bits per heavy atom. The molecule has 4 rings (SSSR count). The SMILES string of the molecule is O=C(c1ccccc1NCc1noc2c1CCCC2)N1CCC[C@@H]1CO. The highest BCUT2D eigenvalue weighted by Gasteiger charge is 2.30.